The summed E-state index contributed by atoms with van der Waals surface area (Å²) in [7, 11) is 1.67. The standard InChI is InChI=1S/C26H30N2O3/c1-4-20-15-25(27)24(13-10-21(20)17-30-3)26(29)28-16-19-6-5-7-23(14-19)31-22-11-8-18(2)9-12-22/h5-14H,4,15-17,27H2,1-3H3,(H,28,29). The number of aryl methyl sites for hydroxylation is 1. The number of benzene rings is 2. The van der Waals surface area contributed by atoms with Crippen LogP contribution in [0.5, 0.6) is 11.5 Å². The molecule has 0 unspecified atom stereocenters. The van der Waals surface area contributed by atoms with Gasteiger partial charge in [0.15, 0.2) is 0 Å². The Kier molecular flexibility index (Phi) is 7.68. The number of hydrogen-bond acceptors (Lipinski definition) is 4. The van der Waals surface area contributed by atoms with Gasteiger partial charge < -0.3 is 20.5 Å². The number of methoxy groups -OCH3 is 1. The molecule has 162 valence electrons. The van der Waals surface area contributed by atoms with Crippen molar-refractivity contribution in [1.29, 1.82) is 0 Å². The van der Waals surface area contributed by atoms with Crippen molar-refractivity contribution >= 4 is 5.91 Å². The molecular weight excluding hydrogens is 388 g/mol. The van der Waals surface area contributed by atoms with Crippen LogP contribution in [0.25, 0.3) is 0 Å². The number of carbonyl (C=O) groups is 1. The van der Waals surface area contributed by atoms with Crippen molar-refractivity contribution < 1.29 is 14.3 Å². The third kappa shape index (κ3) is 6.09. The van der Waals surface area contributed by atoms with E-state index in [-0.39, 0.29) is 5.91 Å². The first kappa shape index (κ1) is 22.4. The smallest absolute Gasteiger partial charge is 0.253 e. The van der Waals surface area contributed by atoms with Gasteiger partial charge in [0, 0.05) is 25.8 Å². The Morgan fingerprint density at radius 3 is 2.58 bits per heavy atom. The van der Waals surface area contributed by atoms with E-state index in [2.05, 4.69) is 12.2 Å². The van der Waals surface area contributed by atoms with Gasteiger partial charge in [-0.1, -0.05) is 48.4 Å². The Morgan fingerprint density at radius 2 is 1.87 bits per heavy atom. The predicted octanol–water partition coefficient (Wildman–Crippen LogP) is 4.93. The van der Waals surface area contributed by atoms with Crippen LogP contribution >= 0.6 is 0 Å². The van der Waals surface area contributed by atoms with Crippen molar-refractivity contribution in [2.45, 2.75) is 33.2 Å². The highest BCUT2D eigenvalue weighted by Crippen LogP contribution is 2.25. The summed E-state index contributed by atoms with van der Waals surface area (Å²) in [6.45, 7) is 5.02. The summed E-state index contributed by atoms with van der Waals surface area (Å²) in [5, 5.41) is 2.97. The van der Waals surface area contributed by atoms with Gasteiger partial charge in [-0.25, -0.2) is 0 Å². The lowest BCUT2D eigenvalue weighted by Crippen LogP contribution is -2.26. The molecule has 1 aliphatic rings. The molecule has 2 aromatic rings. The summed E-state index contributed by atoms with van der Waals surface area (Å²) in [5.74, 6) is 1.32. The van der Waals surface area contributed by atoms with Crippen molar-refractivity contribution in [2.24, 2.45) is 5.73 Å². The predicted molar refractivity (Wildman–Crippen MR) is 124 cm³/mol. The number of allylic oxidation sites excluding steroid dienone is 1. The maximum atomic E-state index is 12.8. The van der Waals surface area contributed by atoms with E-state index in [9.17, 15) is 4.79 Å². The van der Waals surface area contributed by atoms with Crippen LogP contribution in [0, 0.1) is 6.92 Å². The van der Waals surface area contributed by atoms with E-state index in [0.29, 0.717) is 30.8 Å². The second-order valence-corrected chi connectivity index (χ2v) is 7.61. The van der Waals surface area contributed by atoms with E-state index >= 15 is 0 Å². The van der Waals surface area contributed by atoms with Gasteiger partial charge in [-0.15, -0.1) is 0 Å². The van der Waals surface area contributed by atoms with Gasteiger partial charge in [-0.3, -0.25) is 4.79 Å². The fourth-order valence-corrected chi connectivity index (χ4v) is 3.47. The third-order valence-electron chi connectivity index (χ3n) is 5.23. The van der Waals surface area contributed by atoms with Gasteiger partial charge in [0.25, 0.3) is 5.91 Å². The van der Waals surface area contributed by atoms with Crippen molar-refractivity contribution in [3.8, 4) is 11.5 Å². The first-order chi connectivity index (χ1) is 15.0. The van der Waals surface area contributed by atoms with Gasteiger partial charge >= 0.3 is 0 Å². The topological polar surface area (TPSA) is 73.6 Å². The first-order valence-corrected chi connectivity index (χ1v) is 10.5. The fraction of sp³-hybridized carbons (Fsp3) is 0.269. The van der Waals surface area contributed by atoms with Crippen LogP contribution in [-0.4, -0.2) is 19.6 Å². The third-order valence-corrected chi connectivity index (χ3v) is 5.23. The average Bonchev–Trinajstić information content (AvgIpc) is 2.93. The molecule has 0 heterocycles. The average molecular weight is 419 g/mol. The van der Waals surface area contributed by atoms with Gasteiger partial charge in [0.05, 0.1) is 12.2 Å². The molecule has 0 fully saturated rings. The van der Waals surface area contributed by atoms with E-state index in [0.717, 1.165) is 29.1 Å². The van der Waals surface area contributed by atoms with E-state index in [1.165, 1.54) is 11.1 Å². The molecule has 0 saturated heterocycles. The van der Waals surface area contributed by atoms with Gasteiger partial charge in [-0.05, 0) is 54.8 Å². The van der Waals surface area contributed by atoms with Crippen molar-refractivity contribution in [2.75, 3.05) is 13.7 Å². The number of rotatable bonds is 8. The summed E-state index contributed by atoms with van der Waals surface area (Å²) in [6, 6.07) is 15.6. The minimum absolute atomic E-state index is 0.187. The first-order valence-electron chi connectivity index (χ1n) is 10.5. The van der Waals surface area contributed by atoms with Crippen molar-refractivity contribution in [3.63, 3.8) is 0 Å². The maximum Gasteiger partial charge on any atom is 0.253 e. The SMILES string of the molecule is CCC1=C(COC)C=CC(C(=O)NCc2cccc(Oc3ccc(C)cc3)c2)=C(N)C1. The monoisotopic (exact) mass is 418 g/mol. The van der Waals surface area contributed by atoms with E-state index in [1.807, 2.05) is 61.5 Å². The molecule has 0 radical (unpaired) electrons. The summed E-state index contributed by atoms with van der Waals surface area (Å²) in [5.41, 5.74) is 11.7. The molecular formula is C26H30N2O3. The van der Waals surface area contributed by atoms with Crippen molar-refractivity contribution in [3.05, 3.63) is 94.2 Å². The van der Waals surface area contributed by atoms with E-state index in [1.54, 1.807) is 13.2 Å². The van der Waals surface area contributed by atoms with E-state index < -0.39 is 0 Å². The lowest BCUT2D eigenvalue weighted by atomic mass is 10.0. The normalized spacial score (nSPS) is 13.9. The van der Waals surface area contributed by atoms with Crippen LogP contribution in [0.15, 0.2) is 83.1 Å². The zero-order chi connectivity index (χ0) is 22.2. The lowest BCUT2D eigenvalue weighted by molar-refractivity contribution is -0.117. The summed E-state index contributed by atoms with van der Waals surface area (Å²) < 4.78 is 11.2. The number of nitrogens with two attached hydrogens (primary N) is 1. The molecule has 0 spiro atoms. The summed E-state index contributed by atoms with van der Waals surface area (Å²) >= 11 is 0. The second-order valence-electron chi connectivity index (χ2n) is 7.61. The Balaban J connectivity index is 1.65. The zero-order valence-electron chi connectivity index (χ0n) is 18.4. The maximum absolute atomic E-state index is 12.8. The van der Waals surface area contributed by atoms with Crippen LogP contribution in [-0.2, 0) is 16.1 Å². The molecule has 5 heteroatoms. The van der Waals surface area contributed by atoms with Gasteiger partial charge in [0.1, 0.15) is 11.5 Å². The fourth-order valence-electron chi connectivity index (χ4n) is 3.47. The molecule has 31 heavy (non-hydrogen) atoms. The molecule has 1 aliphatic carbocycles. The number of ether oxygens (including phenoxy) is 2. The largest absolute Gasteiger partial charge is 0.457 e. The number of carbonyl (C=O) groups excluding carboxylic acids is 1. The number of hydrogen-bond donors (Lipinski definition) is 2. The van der Waals surface area contributed by atoms with Crippen molar-refractivity contribution in [1.82, 2.24) is 5.32 Å². The molecule has 0 atom stereocenters. The van der Waals surface area contributed by atoms with Crippen LogP contribution in [0.4, 0.5) is 0 Å². The van der Waals surface area contributed by atoms with Crippen LogP contribution in [0.2, 0.25) is 0 Å². The molecule has 0 bridgehead atoms. The van der Waals surface area contributed by atoms with Gasteiger partial charge in [0.2, 0.25) is 0 Å². The molecule has 3 N–H and O–H groups in total. The second kappa shape index (κ2) is 10.6. The molecule has 0 saturated carbocycles. The van der Waals surface area contributed by atoms with Crippen LogP contribution in [0.3, 0.4) is 0 Å². The molecule has 2 aromatic carbocycles. The molecule has 0 aliphatic heterocycles. The highest BCUT2D eigenvalue weighted by Gasteiger charge is 2.16. The Morgan fingerprint density at radius 1 is 1.10 bits per heavy atom. The molecule has 3 rings (SSSR count). The number of nitrogens with one attached hydrogen (secondary N) is 1. The minimum Gasteiger partial charge on any atom is -0.457 e. The lowest BCUT2D eigenvalue weighted by Gasteiger charge is -2.11. The molecule has 5 nitrogen and oxygen atoms in total. The quantitative estimate of drug-likeness (QED) is 0.638. The molecule has 1 amide bonds. The van der Waals surface area contributed by atoms with Gasteiger partial charge in [-0.2, -0.15) is 0 Å². The Labute approximate surface area is 184 Å². The zero-order valence-corrected chi connectivity index (χ0v) is 18.4. The molecule has 0 aromatic heterocycles. The Hall–Kier alpha value is -3.31. The number of amides is 1. The van der Waals surface area contributed by atoms with Crippen LogP contribution < -0.4 is 15.8 Å². The summed E-state index contributed by atoms with van der Waals surface area (Å²) in [4.78, 5) is 12.8. The highest BCUT2D eigenvalue weighted by atomic mass is 16.5. The Bertz CT molecular complexity index is 1020. The van der Waals surface area contributed by atoms with E-state index in [4.69, 9.17) is 15.2 Å². The van der Waals surface area contributed by atoms with Crippen LogP contribution in [0.1, 0.15) is 30.9 Å². The summed E-state index contributed by atoms with van der Waals surface area (Å²) in [6.07, 6.45) is 5.17. The minimum atomic E-state index is -0.187. The highest BCUT2D eigenvalue weighted by molar-refractivity contribution is 5.97.